The van der Waals surface area contributed by atoms with Crippen LogP contribution in [0.1, 0.15) is 33.4 Å². The van der Waals surface area contributed by atoms with Crippen molar-refractivity contribution in [2.75, 3.05) is 0 Å². The molecule has 0 bridgehead atoms. The third-order valence-electron chi connectivity index (χ3n) is 10.7. The molecule has 0 fully saturated rings. The molecule has 0 spiro atoms. The summed E-state index contributed by atoms with van der Waals surface area (Å²) in [6.07, 6.45) is 0. The van der Waals surface area contributed by atoms with Crippen LogP contribution >= 0.6 is 0 Å². The highest BCUT2D eigenvalue weighted by Gasteiger charge is 2.31. The molecule has 0 radical (unpaired) electrons. The van der Waals surface area contributed by atoms with Crippen molar-refractivity contribution in [3.05, 3.63) is 130 Å². The van der Waals surface area contributed by atoms with E-state index in [1.807, 2.05) is 0 Å². The zero-order valence-corrected chi connectivity index (χ0v) is 28.1. The Hall–Kier alpha value is -5.60. The second-order valence-electron chi connectivity index (χ2n) is 14.0. The summed E-state index contributed by atoms with van der Waals surface area (Å²) < 4.78 is 14.8. The minimum Gasteiger partial charge on any atom is -0.455 e. The number of hydrogen-bond donors (Lipinski definition) is 0. The first kappa shape index (κ1) is 27.5. The van der Waals surface area contributed by atoms with Gasteiger partial charge in [-0.25, -0.2) is 0 Å². The standard InChI is InChI=1S/C46H34O2/c1-23-19-25(3)37(26(4)20-23)35-17-15-31-29-11-7-10-14-34(29)44-41-39(31)45(35)47-43-33-13-9-8-12-30(33)32-16-18-36(46(48-44)40(32)42(41)43)38-27(5)21-24(2)22-28(38)6/h7-22H,1-6H3. The van der Waals surface area contributed by atoms with Gasteiger partial charge in [0.25, 0.3) is 0 Å². The van der Waals surface area contributed by atoms with E-state index in [9.17, 15) is 0 Å². The van der Waals surface area contributed by atoms with Crippen LogP contribution in [0.2, 0.25) is 0 Å². The summed E-state index contributed by atoms with van der Waals surface area (Å²) in [7, 11) is 0. The molecule has 2 heterocycles. The first-order chi connectivity index (χ1) is 23.3. The first-order valence-corrected chi connectivity index (χ1v) is 16.9. The Morgan fingerprint density at radius 2 is 0.688 bits per heavy atom. The van der Waals surface area contributed by atoms with Gasteiger partial charge in [-0.1, -0.05) is 96.1 Å². The maximum Gasteiger partial charge on any atom is 0.144 e. The van der Waals surface area contributed by atoms with E-state index < -0.39 is 0 Å². The second kappa shape index (κ2) is 9.49. The largest absolute Gasteiger partial charge is 0.455 e. The van der Waals surface area contributed by atoms with Gasteiger partial charge >= 0.3 is 0 Å². The number of benzene rings is 8. The predicted molar refractivity (Wildman–Crippen MR) is 203 cm³/mol. The van der Waals surface area contributed by atoms with E-state index in [4.69, 9.17) is 8.83 Å². The van der Waals surface area contributed by atoms with Gasteiger partial charge in [-0.15, -0.1) is 0 Å². The number of aryl methyl sites for hydroxylation is 6. The van der Waals surface area contributed by atoms with E-state index in [2.05, 4.69) is 139 Å². The van der Waals surface area contributed by atoms with Gasteiger partial charge in [-0.2, -0.15) is 0 Å². The number of fused-ring (bicyclic) bond motifs is 6. The Labute approximate surface area is 278 Å². The molecule has 0 aliphatic carbocycles. The fourth-order valence-corrected chi connectivity index (χ4v) is 9.15. The van der Waals surface area contributed by atoms with E-state index in [1.165, 1.54) is 66.1 Å². The van der Waals surface area contributed by atoms with Crippen molar-refractivity contribution in [1.82, 2.24) is 0 Å². The summed E-state index contributed by atoms with van der Waals surface area (Å²) in [4.78, 5) is 0. The van der Waals surface area contributed by atoms with Gasteiger partial charge in [0.1, 0.15) is 22.3 Å². The minimum atomic E-state index is 0.912. The van der Waals surface area contributed by atoms with Gasteiger partial charge in [0.15, 0.2) is 0 Å². The van der Waals surface area contributed by atoms with Gasteiger partial charge in [-0.3, -0.25) is 0 Å². The molecule has 2 aliphatic heterocycles. The SMILES string of the molecule is Cc1cc(C)c(-c2ccc3c4ccccc4c4oc5c(-c6c(C)cc(C)cc6C)ccc6c7ccccc7c7oc2c3c4-c7c56)c(C)c1. The van der Waals surface area contributed by atoms with Crippen LogP contribution in [0, 0.1) is 41.5 Å². The third kappa shape index (κ3) is 3.47. The van der Waals surface area contributed by atoms with E-state index >= 15 is 0 Å². The molecule has 230 valence electrons. The highest BCUT2D eigenvalue weighted by atomic mass is 16.3. The molecule has 8 aromatic carbocycles. The molecule has 2 nitrogen and oxygen atoms in total. The first-order valence-electron chi connectivity index (χ1n) is 16.9. The summed E-state index contributed by atoms with van der Waals surface area (Å²) in [6.45, 7) is 13.2. The van der Waals surface area contributed by atoms with Gasteiger partial charge in [0, 0.05) is 43.8 Å². The van der Waals surface area contributed by atoms with Crippen LogP contribution in [-0.2, 0) is 0 Å². The Morgan fingerprint density at radius 1 is 0.333 bits per heavy atom. The van der Waals surface area contributed by atoms with Crippen LogP contribution in [0.25, 0.3) is 98.8 Å². The van der Waals surface area contributed by atoms with Crippen LogP contribution in [0.5, 0.6) is 0 Å². The van der Waals surface area contributed by atoms with Crippen LogP contribution in [0.3, 0.4) is 0 Å². The highest BCUT2D eigenvalue weighted by Crippen LogP contribution is 2.56. The molecule has 0 saturated carbocycles. The summed E-state index contributed by atoms with van der Waals surface area (Å²) >= 11 is 0. The van der Waals surface area contributed by atoms with Crippen LogP contribution in [0.4, 0.5) is 0 Å². The molecule has 0 unspecified atom stereocenters. The van der Waals surface area contributed by atoms with Crippen LogP contribution in [0.15, 0.2) is 106 Å². The predicted octanol–water partition coefficient (Wildman–Crippen LogP) is 13.5. The van der Waals surface area contributed by atoms with Crippen molar-refractivity contribution in [2.24, 2.45) is 0 Å². The molecule has 0 saturated heterocycles. The average molecular weight is 619 g/mol. The Morgan fingerprint density at radius 3 is 1.06 bits per heavy atom. The molecule has 48 heavy (non-hydrogen) atoms. The lowest BCUT2D eigenvalue weighted by molar-refractivity contribution is 0.652. The van der Waals surface area contributed by atoms with Gasteiger partial charge in [-0.05, 0) is 109 Å². The van der Waals surface area contributed by atoms with Crippen molar-refractivity contribution in [2.45, 2.75) is 41.5 Å². The fraction of sp³-hybridized carbons (Fsp3) is 0.130. The zero-order valence-electron chi connectivity index (χ0n) is 28.1. The molecular weight excluding hydrogens is 585 g/mol. The molecule has 0 aromatic heterocycles. The molecule has 2 aliphatic rings. The maximum atomic E-state index is 7.38. The van der Waals surface area contributed by atoms with Crippen LogP contribution in [-0.4, -0.2) is 0 Å². The normalized spacial score (nSPS) is 12.4. The fourth-order valence-electron chi connectivity index (χ4n) is 9.15. The topological polar surface area (TPSA) is 26.3 Å². The minimum absolute atomic E-state index is 0.912. The van der Waals surface area contributed by atoms with Gasteiger partial charge in [0.2, 0.25) is 0 Å². The van der Waals surface area contributed by atoms with Gasteiger partial charge in [0.05, 0.1) is 0 Å². The molecule has 0 atom stereocenters. The van der Waals surface area contributed by atoms with Crippen LogP contribution < -0.4 is 0 Å². The van der Waals surface area contributed by atoms with E-state index in [0.29, 0.717) is 0 Å². The summed E-state index contributed by atoms with van der Waals surface area (Å²) in [5.41, 5.74) is 18.2. The van der Waals surface area contributed by atoms with Gasteiger partial charge < -0.3 is 8.83 Å². The van der Waals surface area contributed by atoms with E-state index in [1.54, 1.807) is 0 Å². The summed E-state index contributed by atoms with van der Waals surface area (Å²) in [5, 5.41) is 9.21. The average Bonchev–Trinajstić information content (AvgIpc) is 3.06. The second-order valence-corrected chi connectivity index (χ2v) is 14.0. The van der Waals surface area contributed by atoms with Crippen molar-refractivity contribution in [3.63, 3.8) is 0 Å². The molecule has 0 amide bonds. The molecule has 2 heteroatoms. The molecular formula is C46H34O2. The summed E-state index contributed by atoms with van der Waals surface area (Å²) in [6, 6.07) is 35.6. The summed E-state index contributed by atoms with van der Waals surface area (Å²) in [5.74, 6) is 0. The third-order valence-corrected chi connectivity index (χ3v) is 10.7. The van der Waals surface area contributed by atoms with E-state index in [0.717, 1.165) is 66.1 Å². The maximum absolute atomic E-state index is 7.38. The Kier molecular flexibility index (Phi) is 5.44. The number of hydrogen-bond acceptors (Lipinski definition) is 2. The lowest BCUT2D eigenvalue weighted by Gasteiger charge is -2.25. The van der Waals surface area contributed by atoms with Crippen molar-refractivity contribution in [1.29, 1.82) is 0 Å². The van der Waals surface area contributed by atoms with Crippen molar-refractivity contribution >= 4 is 65.4 Å². The zero-order chi connectivity index (χ0) is 32.6. The lowest BCUT2D eigenvalue weighted by Crippen LogP contribution is -2.00. The van der Waals surface area contributed by atoms with Crippen molar-refractivity contribution in [3.8, 4) is 33.4 Å². The smallest absolute Gasteiger partial charge is 0.144 e. The highest BCUT2D eigenvalue weighted by molar-refractivity contribution is 6.37. The molecule has 8 aromatic rings. The van der Waals surface area contributed by atoms with E-state index in [-0.39, 0.29) is 0 Å². The molecule has 10 rings (SSSR count). The number of rotatable bonds is 2. The monoisotopic (exact) mass is 618 g/mol. The Balaban J connectivity index is 1.52. The lowest BCUT2D eigenvalue weighted by atomic mass is 9.82. The van der Waals surface area contributed by atoms with Crippen molar-refractivity contribution < 1.29 is 8.83 Å². The quantitative estimate of drug-likeness (QED) is 0.142. The molecule has 0 N–H and O–H groups in total. The Bertz CT molecular complexity index is 2700.